The highest BCUT2D eigenvalue weighted by Crippen LogP contribution is 2.33. The smallest absolute Gasteiger partial charge is 0.296 e. The van der Waals surface area contributed by atoms with E-state index in [2.05, 4.69) is 15.0 Å². The molecule has 1 fully saturated rings. The lowest BCUT2D eigenvalue weighted by Crippen LogP contribution is -2.37. The highest BCUT2D eigenvalue weighted by atomic mass is 32.2. The molecule has 1 saturated heterocycles. The monoisotopic (exact) mass is 453 g/mol. The van der Waals surface area contributed by atoms with E-state index in [1.165, 1.54) is 6.07 Å². The molecular weight excluding hydrogens is 432 g/mol. The number of rotatable bonds is 6. The maximum absolute atomic E-state index is 13.9. The first kappa shape index (κ1) is 21.4. The Balaban J connectivity index is 1.98. The van der Waals surface area contributed by atoms with E-state index in [1.54, 1.807) is 25.1 Å². The van der Waals surface area contributed by atoms with Crippen molar-refractivity contribution in [1.82, 2.24) is 19.5 Å². The van der Waals surface area contributed by atoms with Crippen LogP contribution in [0.5, 0.6) is 5.75 Å². The fraction of sp³-hybridized carbons (Fsp3) is 0.421. The van der Waals surface area contributed by atoms with Crippen molar-refractivity contribution in [2.24, 2.45) is 0 Å². The van der Waals surface area contributed by atoms with Crippen LogP contribution in [0.15, 0.2) is 29.4 Å². The van der Waals surface area contributed by atoms with Crippen molar-refractivity contribution < 1.29 is 26.7 Å². The number of hydrogen-bond donors (Lipinski definition) is 0. The third-order valence-electron chi connectivity index (χ3n) is 4.74. The molecule has 0 amide bonds. The van der Waals surface area contributed by atoms with E-state index >= 15 is 0 Å². The van der Waals surface area contributed by atoms with Gasteiger partial charge in [0.1, 0.15) is 22.9 Å². The molecule has 0 saturated carbocycles. The molecule has 0 atom stereocenters. The van der Waals surface area contributed by atoms with Crippen molar-refractivity contribution in [3.8, 4) is 11.6 Å². The summed E-state index contributed by atoms with van der Waals surface area (Å²) in [6, 6.07) is 6.38. The summed E-state index contributed by atoms with van der Waals surface area (Å²) < 4.78 is 64.4. The number of ether oxygens (including phenoxy) is 2. The van der Waals surface area contributed by atoms with Crippen LogP contribution in [0.3, 0.4) is 0 Å². The molecule has 0 spiro atoms. The number of hydrogen-bond acceptors (Lipinski definition) is 8. The molecule has 1 aliphatic heterocycles. The van der Waals surface area contributed by atoms with Crippen LogP contribution < -0.4 is 9.64 Å². The van der Waals surface area contributed by atoms with Gasteiger partial charge in [-0.2, -0.15) is 0 Å². The second-order valence-electron chi connectivity index (χ2n) is 6.90. The van der Waals surface area contributed by atoms with Crippen LogP contribution in [0.2, 0.25) is 0 Å². The Hall–Kier alpha value is -2.86. The zero-order valence-corrected chi connectivity index (χ0v) is 17.8. The van der Waals surface area contributed by atoms with E-state index in [9.17, 15) is 17.2 Å². The second-order valence-corrected chi connectivity index (χ2v) is 8.81. The van der Waals surface area contributed by atoms with Gasteiger partial charge in [0.15, 0.2) is 5.82 Å². The van der Waals surface area contributed by atoms with Gasteiger partial charge in [-0.3, -0.25) is 4.57 Å². The highest BCUT2D eigenvalue weighted by molar-refractivity contribution is 7.90. The summed E-state index contributed by atoms with van der Waals surface area (Å²) in [5, 5.41) is -0.450. The Morgan fingerprint density at radius 1 is 1.16 bits per heavy atom. The van der Waals surface area contributed by atoms with Crippen molar-refractivity contribution >= 4 is 26.7 Å². The van der Waals surface area contributed by atoms with Crippen molar-refractivity contribution in [1.29, 1.82) is 0 Å². The van der Waals surface area contributed by atoms with Crippen LogP contribution in [0.1, 0.15) is 19.2 Å². The number of morpholine rings is 1. The molecule has 9 nitrogen and oxygen atoms in total. The van der Waals surface area contributed by atoms with Crippen LogP contribution in [-0.2, 0) is 14.6 Å². The quantitative estimate of drug-likeness (QED) is 0.525. The zero-order chi connectivity index (χ0) is 22.2. The number of aromatic nitrogens is 4. The minimum atomic E-state index is -3.81. The SMILES string of the molecule is CCOc1cccc2c1nc(C(F)F)n2-c1cc(N2CCOCC2)nc(S(C)(=O)=O)n1. The molecule has 0 aliphatic carbocycles. The number of anilines is 1. The lowest BCUT2D eigenvalue weighted by molar-refractivity contribution is 0.122. The first-order valence-electron chi connectivity index (χ1n) is 9.64. The lowest BCUT2D eigenvalue weighted by atomic mass is 10.3. The number of halogens is 2. The van der Waals surface area contributed by atoms with Crippen LogP contribution in [-0.4, -0.2) is 67.1 Å². The summed E-state index contributed by atoms with van der Waals surface area (Å²) in [6.45, 7) is 3.98. The molecule has 12 heteroatoms. The Labute approximate surface area is 177 Å². The Kier molecular flexibility index (Phi) is 5.75. The molecule has 3 aromatic rings. The van der Waals surface area contributed by atoms with Gasteiger partial charge in [-0.15, -0.1) is 0 Å². The fourth-order valence-electron chi connectivity index (χ4n) is 3.39. The summed E-state index contributed by atoms with van der Waals surface area (Å²) in [6.07, 6.45) is -1.95. The molecule has 0 bridgehead atoms. The number of alkyl halides is 2. The topological polar surface area (TPSA) is 99.4 Å². The molecule has 3 heterocycles. The van der Waals surface area contributed by atoms with E-state index in [1.807, 2.05) is 4.90 Å². The summed E-state index contributed by atoms with van der Waals surface area (Å²) >= 11 is 0. The number of benzene rings is 1. The summed E-state index contributed by atoms with van der Waals surface area (Å²) in [4.78, 5) is 14.2. The normalized spacial score (nSPS) is 15.1. The second kappa shape index (κ2) is 8.35. The van der Waals surface area contributed by atoms with Gasteiger partial charge in [0.2, 0.25) is 9.84 Å². The number of fused-ring (bicyclic) bond motifs is 1. The van der Waals surface area contributed by atoms with Crippen LogP contribution in [0, 0.1) is 0 Å². The average Bonchev–Trinajstić information content (AvgIpc) is 3.15. The molecule has 2 aromatic heterocycles. The molecular formula is C19H21F2N5O4S. The van der Waals surface area contributed by atoms with Gasteiger partial charge >= 0.3 is 0 Å². The highest BCUT2D eigenvalue weighted by Gasteiger charge is 2.26. The summed E-state index contributed by atoms with van der Waals surface area (Å²) in [5.74, 6) is 0.0970. The lowest BCUT2D eigenvalue weighted by Gasteiger charge is -2.28. The molecule has 31 heavy (non-hydrogen) atoms. The predicted octanol–water partition coefficient (Wildman–Crippen LogP) is 2.39. The van der Waals surface area contributed by atoms with Crippen molar-refractivity contribution in [2.45, 2.75) is 18.5 Å². The van der Waals surface area contributed by atoms with Gasteiger partial charge in [-0.25, -0.2) is 32.2 Å². The minimum absolute atomic E-state index is 0.0108. The molecule has 4 rings (SSSR count). The molecule has 1 aromatic carbocycles. The van der Waals surface area contributed by atoms with Crippen LogP contribution >= 0.6 is 0 Å². The third-order valence-corrected chi connectivity index (χ3v) is 5.59. The van der Waals surface area contributed by atoms with E-state index in [4.69, 9.17) is 9.47 Å². The number of nitrogens with zero attached hydrogens (tertiary/aromatic N) is 5. The van der Waals surface area contributed by atoms with Crippen molar-refractivity contribution in [2.75, 3.05) is 44.1 Å². The average molecular weight is 453 g/mol. The molecule has 0 unspecified atom stereocenters. The van der Waals surface area contributed by atoms with E-state index in [0.29, 0.717) is 50.0 Å². The predicted molar refractivity (Wildman–Crippen MR) is 109 cm³/mol. The van der Waals surface area contributed by atoms with Gasteiger partial charge in [0, 0.05) is 25.4 Å². The molecule has 0 N–H and O–H groups in total. The third kappa shape index (κ3) is 4.17. The maximum Gasteiger partial charge on any atom is 0.296 e. The van der Waals surface area contributed by atoms with E-state index in [0.717, 1.165) is 10.8 Å². The van der Waals surface area contributed by atoms with Crippen molar-refractivity contribution in [3.05, 3.63) is 30.1 Å². The van der Waals surface area contributed by atoms with Crippen LogP contribution in [0.4, 0.5) is 14.6 Å². The van der Waals surface area contributed by atoms with Crippen LogP contribution in [0.25, 0.3) is 16.9 Å². The van der Waals surface area contributed by atoms with Gasteiger partial charge in [0.25, 0.3) is 11.6 Å². The largest absolute Gasteiger partial charge is 0.492 e. The van der Waals surface area contributed by atoms with E-state index in [-0.39, 0.29) is 11.3 Å². The van der Waals surface area contributed by atoms with Gasteiger partial charge in [0.05, 0.1) is 25.3 Å². The fourth-order valence-corrected chi connectivity index (χ4v) is 3.91. The Bertz CT molecular complexity index is 1210. The van der Waals surface area contributed by atoms with Crippen molar-refractivity contribution in [3.63, 3.8) is 0 Å². The number of para-hydroxylation sites is 1. The molecule has 1 aliphatic rings. The molecule has 0 radical (unpaired) electrons. The van der Waals surface area contributed by atoms with Gasteiger partial charge in [-0.05, 0) is 19.1 Å². The van der Waals surface area contributed by atoms with E-state index < -0.39 is 27.2 Å². The first-order valence-corrected chi connectivity index (χ1v) is 11.5. The number of imidazole rings is 1. The standard InChI is InChI=1S/C19H21F2N5O4S/c1-3-30-13-6-4-5-12-16(13)24-18(17(20)21)26(12)15-11-14(25-7-9-29-10-8-25)22-19(23-15)31(2,27)28/h4-6,11,17H,3,7-10H2,1-2H3. The Morgan fingerprint density at radius 2 is 1.87 bits per heavy atom. The van der Waals surface area contributed by atoms with Gasteiger partial charge < -0.3 is 14.4 Å². The first-order chi connectivity index (χ1) is 14.8. The maximum atomic E-state index is 13.9. The summed E-state index contributed by atoms with van der Waals surface area (Å²) in [7, 11) is -3.81. The number of sulfone groups is 1. The molecule has 166 valence electrons. The summed E-state index contributed by atoms with van der Waals surface area (Å²) in [5.41, 5.74) is 0.569. The minimum Gasteiger partial charge on any atom is -0.492 e. The zero-order valence-electron chi connectivity index (χ0n) is 17.0. The van der Waals surface area contributed by atoms with Gasteiger partial charge in [-0.1, -0.05) is 6.07 Å². The Morgan fingerprint density at radius 3 is 2.52 bits per heavy atom.